The minimum Gasteiger partial charge on any atom is -0.493 e. The predicted octanol–water partition coefficient (Wildman–Crippen LogP) is 2.59. The molecule has 0 aromatic heterocycles. The van der Waals surface area contributed by atoms with Crippen LogP contribution in [0.2, 0.25) is 0 Å². The van der Waals surface area contributed by atoms with Crippen molar-refractivity contribution in [1.82, 2.24) is 10.2 Å². The lowest BCUT2D eigenvalue weighted by Crippen LogP contribution is -2.45. The van der Waals surface area contributed by atoms with E-state index in [0.29, 0.717) is 29.4 Å². The minimum atomic E-state index is -0.501. The third-order valence-corrected chi connectivity index (χ3v) is 6.21. The van der Waals surface area contributed by atoms with Crippen LogP contribution in [-0.4, -0.2) is 42.7 Å². The molecule has 0 bridgehead atoms. The summed E-state index contributed by atoms with van der Waals surface area (Å²) in [6.45, 7) is 0.442. The number of thioether (sulfide) groups is 1. The van der Waals surface area contributed by atoms with Gasteiger partial charge < -0.3 is 19.7 Å². The molecule has 27 heavy (non-hydrogen) atoms. The van der Waals surface area contributed by atoms with E-state index in [1.54, 1.807) is 29.8 Å². The highest BCUT2D eigenvalue weighted by molar-refractivity contribution is 7.99. The highest BCUT2D eigenvalue weighted by Crippen LogP contribution is 2.52. The smallest absolute Gasteiger partial charge is 0.260 e. The number of methoxy groups -OCH3 is 2. The molecule has 140 valence electrons. The average Bonchev–Trinajstić information content (AvgIpc) is 3.26. The normalized spacial score (nSPS) is 20.2. The molecule has 0 radical (unpaired) electrons. The van der Waals surface area contributed by atoms with Gasteiger partial charge in [-0.25, -0.2) is 0 Å². The fourth-order valence-electron chi connectivity index (χ4n) is 3.60. The summed E-state index contributed by atoms with van der Waals surface area (Å²) in [5.41, 5.74) is 2.39. The van der Waals surface area contributed by atoms with Crippen molar-refractivity contribution >= 4 is 23.6 Å². The van der Waals surface area contributed by atoms with Crippen LogP contribution in [0.15, 0.2) is 42.5 Å². The zero-order valence-corrected chi connectivity index (χ0v) is 15.9. The Hall–Kier alpha value is -2.67. The molecule has 0 spiro atoms. The Balaban J connectivity index is 1.56. The Morgan fingerprint density at radius 3 is 2.67 bits per heavy atom. The minimum absolute atomic E-state index is 0.138. The van der Waals surface area contributed by atoms with Crippen LogP contribution < -0.4 is 14.8 Å². The third-order valence-electron chi connectivity index (χ3n) is 4.90. The van der Waals surface area contributed by atoms with E-state index in [-0.39, 0.29) is 17.2 Å². The monoisotopic (exact) mass is 384 g/mol. The molecule has 0 aliphatic carbocycles. The maximum Gasteiger partial charge on any atom is 0.260 e. The lowest BCUT2D eigenvalue weighted by atomic mass is 10.1. The highest BCUT2D eigenvalue weighted by Gasteiger charge is 2.50. The molecule has 4 rings (SSSR count). The van der Waals surface area contributed by atoms with Crippen LogP contribution in [0.4, 0.5) is 0 Å². The van der Waals surface area contributed by atoms with Gasteiger partial charge in [0.2, 0.25) is 5.91 Å². The largest absolute Gasteiger partial charge is 0.493 e. The molecular formula is C20H20N2O4S. The molecular weight excluding hydrogens is 364 g/mol. The van der Waals surface area contributed by atoms with Crippen molar-refractivity contribution in [3.05, 3.63) is 59.2 Å². The molecule has 2 aliphatic heterocycles. The number of fused-ring (bicyclic) bond motifs is 3. The predicted molar refractivity (Wildman–Crippen MR) is 103 cm³/mol. The van der Waals surface area contributed by atoms with Crippen molar-refractivity contribution in [2.24, 2.45) is 0 Å². The van der Waals surface area contributed by atoms with E-state index >= 15 is 0 Å². The standard InChI is InChI=1S/C20H20N2O4S/c1-25-15-9-8-13-16(17(15)26-2)19(24)22-14(11-27-20(13)22)18(23)21-10-12-6-4-3-5-7-12/h3-9,14,20H,10-11H2,1-2H3,(H,21,23)/t14-,20?/m0/s1. The van der Waals surface area contributed by atoms with E-state index in [9.17, 15) is 9.59 Å². The van der Waals surface area contributed by atoms with Crippen LogP contribution in [0.3, 0.4) is 0 Å². The fraction of sp³-hybridized carbons (Fsp3) is 0.300. The highest BCUT2D eigenvalue weighted by atomic mass is 32.2. The van der Waals surface area contributed by atoms with Gasteiger partial charge in [-0.05, 0) is 11.6 Å². The molecule has 1 fully saturated rings. The van der Waals surface area contributed by atoms with Gasteiger partial charge >= 0.3 is 0 Å². The van der Waals surface area contributed by atoms with Crippen molar-refractivity contribution in [2.75, 3.05) is 20.0 Å². The number of rotatable bonds is 5. The van der Waals surface area contributed by atoms with Gasteiger partial charge in [0, 0.05) is 17.9 Å². The van der Waals surface area contributed by atoms with Crippen LogP contribution >= 0.6 is 11.8 Å². The van der Waals surface area contributed by atoms with Gasteiger partial charge in [-0.2, -0.15) is 0 Å². The SMILES string of the molecule is COc1ccc2c(c1OC)C(=O)N1C2SC[C@H]1C(=O)NCc1ccccc1. The van der Waals surface area contributed by atoms with E-state index in [1.165, 1.54) is 7.11 Å². The molecule has 2 atom stereocenters. The summed E-state index contributed by atoms with van der Waals surface area (Å²) >= 11 is 1.60. The zero-order valence-electron chi connectivity index (χ0n) is 15.1. The van der Waals surface area contributed by atoms with Gasteiger partial charge in [0.15, 0.2) is 11.5 Å². The van der Waals surface area contributed by atoms with Crippen molar-refractivity contribution in [2.45, 2.75) is 18.0 Å². The summed E-state index contributed by atoms with van der Waals surface area (Å²) in [5, 5.41) is 2.78. The second kappa shape index (κ2) is 7.15. The molecule has 2 aliphatic rings. The maximum atomic E-state index is 13.1. The van der Waals surface area contributed by atoms with E-state index in [4.69, 9.17) is 9.47 Å². The van der Waals surface area contributed by atoms with E-state index in [2.05, 4.69) is 5.32 Å². The second-order valence-electron chi connectivity index (χ2n) is 6.38. The topological polar surface area (TPSA) is 67.9 Å². The van der Waals surface area contributed by atoms with Crippen LogP contribution in [0.5, 0.6) is 11.5 Å². The molecule has 1 saturated heterocycles. The number of carbonyl (C=O) groups is 2. The lowest BCUT2D eigenvalue weighted by molar-refractivity contribution is -0.124. The van der Waals surface area contributed by atoms with Gasteiger partial charge in [0.1, 0.15) is 11.4 Å². The van der Waals surface area contributed by atoms with Gasteiger partial charge in [0.05, 0.1) is 19.8 Å². The molecule has 2 amide bonds. The van der Waals surface area contributed by atoms with E-state index < -0.39 is 6.04 Å². The van der Waals surface area contributed by atoms with Gasteiger partial charge in [-0.15, -0.1) is 11.8 Å². The van der Waals surface area contributed by atoms with Crippen molar-refractivity contribution in [3.8, 4) is 11.5 Å². The Kier molecular flexibility index (Phi) is 4.70. The summed E-state index contributed by atoms with van der Waals surface area (Å²) in [4.78, 5) is 27.5. The van der Waals surface area contributed by atoms with Crippen molar-refractivity contribution in [1.29, 1.82) is 0 Å². The molecule has 2 aromatic carbocycles. The number of ether oxygens (including phenoxy) is 2. The lowest BCUT2D eigenvalue weighted by Gasteiger charge is -2.22. The van der Waals surface area contributed by atoms with E-state index in [1.807, 2.05) is 36.4 Å². The molecule has 7 heteroatoms. The number of hydrogen-bond donors (Lipinski definition) is 1. The van der Waals surface area contributed by atoms with Gasteiger partial charge in [-0.3, -0.25) is 9.59 Å². The summed E-state index contributed by atoms with van der Waals surface area (Å²) in [6.07, 6.45) is 0. The molecule has 1 N–H and O–H groups in total. The Bertz CT molecular complexity index is 887. The second-order valence-corrected chi connectivity index (χ2v) is 7.50. The summed E-state index contributed by atoms with van der Waals surface area (Å²) < 4.78 is 10.7. The first kappa shape index (κ1) is 17.7. The van der Waals surface area contributed by atoms with Gasteiger partial charge in [0.25, 0.3) is 5.91 Å². The Morgan fingerprint density at radius 1 is 1.19 bits per heavy atom. The summed E-state index contributed by atoms with van der Waals surface area (Å²) in [6, 6.07) is 12.9. The number of nitrogens with zero attached hydrogens (tertiary/aromatic N) is 1. The molecule has 1 unspecified atom stereocenters. The van der Waals surface area contributed by atoms with Crippen molar-refractivity contribution in [3.63, 3.8) is 0 Å². The number of nitrogens with one attached hydrogen (secondary N) is 1. The number of benzene rings is 2. The average molecular weight is 384 g/mol. The Labute approximate surface area is 161 Å². The van der Waals surface area contributed by atoms with Crippen molar-refractivity contribution < 1.29 is 19.1 Å². The van der Waals surface area contributed by atoms with Crippen LogP contribution in [0.1, 0.15) is 26.9 Å². The first-order valence-corrected chi connectivity index (χ1v) is 9.71. The van der Waals surface area contributed by atoms with Crippen LogP contribution in [-0.2, 0) is 11.3 Å². The zero-order chi connectivity index (χ0) is 19.0. The maximum absolute atomic E-state index is 13.1. The summed E-state index contributed by atoms with van der Waals surface area (Å²) in [5.74, 6) is 1.20. The van der Waals surface area contributed by atoms with E-state index in [0.717, 1.165) is 11.1 Å². The third kappa shape index (κ3) is 2.92. The van der Waals surface area contributed by atoms with Gasteiger partial charge in [-0.1, -0.05) is 36.4 Å². The van der Waals surface area contributed by atoms with Crippen LogP contribution in [0, 0.1) is 0 Å². The summed E-state index contributed by atoms with van der Waals surface area (Å²) in [7, 11) is 3.06. The number of hydrogen-bond acceptors (Lipinski definition) is 5. The first-order valence-electron chi connectivity index (χ1n) is 8.66. The molecule has 2 heterocycles. The number of carbonyl (C=O) groups excluding carboxylic acids is 2. The quantitative estimate of drug-likeness (QED) is 0.858. The molecule has 2 aromatic rings. The van der Waals surface area contributed by atoms with Crippen LogP contribution in [0.25, 0.3) is 0 Å². The first-order chi connectivity index (χ1) is 13.2. The fourth-order valence-corrected chi connectivity index (χ4v) is 5.05. The number of amides is 2. The Morgan fingerprint density at radius 2 is 1.96 bits per heavy atom. The molecule has 6 nitrogen and oxygen atoms in total. The molecule has 0 saturated carbocycles.